The van der Waals surface area contributed by atoms with Gasteiger partial charge in [0.25, 0.3) is 5.91 Å². The fourth-order valence-electron chi connectivity index (χ4n) is 2.27. The summed E-state index contributed by atoms with van der Waals surface area (Å²) in [5.41, 5.74) is 4.01. The number of carbonyl (C=O) groups is 1. The predicted molar refractivity (Wildman–Crippen MR) is 82.7 cm³/mol. The van der Waals surface area contributed by atoms with Crippen molar-refractivity contribution in [2.24, 2.45) is 0 Å². The van der Waals surface area contributed by atoms with Crippen LogP contribution in [-0.2, 0) is 6.54 Å². The van der Waals surface area contributed by atoms with Gasteiger partial charge in [-0.05, 0) is 29.8 Å². The van der Waals surface area contributed by atoms with Gasteiger partial charge in [-0.1, -0.05) is 42.5 Å². The molecule has 0 spiro atoms. The molecule has 0 aliphatic heterocycles. The van der Waals surface area contributed by atoms with Gasteiger partial charge in [-0.25, -0.2) is 0 Å². The first kappa shape index (κ1) is 14.3. The van der Waals surface area contributed by atoms with Crippen molar-refractivity contribution in [3.63, 3.8) is 0 Å². The Labute approximate surface area is 120 Å². The molecule has 0 atom stereocenters. The van der Waals surface area contributed by atoms with Crippen LogP contribution in [-0.4, -0.2) is 32.0 Å². The molecule has 0 radical (unpaired) electrons. The van der Waals surface area contributed by atoms with Crippen molar-refractivity contribution in [2.45, 2.75) is 6.54 Å². The van der Waals surface area contributed by atoms with Crippen LogP contribution in [0.1, 0.15) is 15.9 Å². The number of hydrogen-bond donors (Lipinski definition) is 1. The molecule has 2 aromatic rings. The average Bonchev–Trinajstić information content (AvgIpc) is 2.47. The Morgan fingerprint density at radius 1 is 1.00 bits per heavy atom. The van der Waals surface area contributed by atoms with Crippen molar-refractivity contribution < 1.29 is 4.79 Å². The second-order valence-corrected chi connectivity index (χ2v) is 4.93. The first-order valence-electron chi connectivity index (χ1n) is 6.68. The topological polar surface area (TPSA) is 32.3 Å². The van der Waals surface area contributed by atoms with Crippen LogP contribution >= 0.6 is 0 Å². The second-order valence-electron chi connectivity index (χ2n) is 4.93. The predicted octanol–water partition coefficient (Wildman–Crippen LogP) is 2.77. The monoisotopic (exact) mass is 268 g/mol. The van der Waals surface area contributed by atoms with E-state index in [0.29, 0.717) is 0 Å². The van der Waals surface area contributed by atoms with Crippen molar-refractivity contribution in [2.75, 3.05) is 21.1 Å². The van der Waals surface area contributed by atoms with Gasteiger partial charge in [-0.15, -0.1) is 0 Å². The molecule has 0 fully saturated rings. The lowest BCUT2D eigenvalue weighted by molar-refractivity contribution is 0.0828. The maximum Gasteiger partial charge on any atom is 0.253 e. The molecule has 0 bridgehead atoms. The molecule has 20 heavy (non-hydrogen) atoms. The highest BCUT2D eigenvalue weighted by molar-refractivity contribution is 6.00. The summed E-state index contributed by atoms with van der Waals surface area (Å²) in [4.78, 5) is 13.9. The van der Waals surface area contributed by atoms with E-state index < -0.39 is 0 Å². The molecule has 0 saturated carbocycles. The fourth-order valence-corrected chi connectivity index (χ4v) is 2.27. The Balaban J connectivity index is 2.56. The van der Waals surface area contributed by atoms with Gasteiger partial charge in [0.2, 0.25) is 0 Å². The Kier molecular flexibility index (Phi) is 4.53. The van der Waals surface area contributed by atoms with E-state index in [2.05, 4.69) is 17.4 Å². The Bertz CT molecular complexity index is 605. The molecule has 2 rings (SSSR count). The lowest BCUT2D eigenvalue weighted by atomic mass is 9.95. The van der Waals surface area contributed by atoms with Crippen molar-refractivity contribution >= 4 is 5.91 Å². The molecule has 0 aromatic heterocycles. The molecule has 104 valence electrons. The van der Waals surface area contributed by atoms with E-state index in [1.807, 2.05) is 43.4 Å². The molecule has 2 aromatic carbocycles. The molecule has 0 unspecified atom stereocenters. The highest BCUT2D eigenvalue weighted by atomic mass is 16.2. The second kappa shape index (κ2) is 6.35. The van der Waals surface area contributed by atoms with Gasteiger partial charge in [-0.3, -0.25) is 4.79 Å². The van der Waals surface area contributed by atoms with Crippen LogP contribution in [0, 0.1) is 0 Å². The molecule has 3 heteroatoms. The lowest BCUT2D eigenvalue weighted by Crippen LogP contribution is -2.22. The summed E-state index contributed by atoms with van der Waals surface area (Å²) in [7, 11) is 5.48. The molecule has 0 aliphatic rings. The molecule has 0 saturated heterocycles. The minimum atomic E-state index is 0.0276. The van der Waals surface area contributed by atoms with Gasteiger partial charge >= 0.3 is 0 Å². The summed E-state index contributed by atoms with van der Waals surface area (Å²) in [6.45, 7) is 0.778. The minimum Gasteiger partial charge on any atom is -0.345 e. The van der Waals surface area contributed by atoms with Gasteiger partial charge in [0.1, 0.15) is 0 Å². The summed E-state index contributed by atoms with van der Waals surface area (Å²) in [5.74, 6) is 0.0276. The SMILES string of the molecule is CNCc1ccccc1-c1ccccc1C(=O)N(C)C. The highest BCUT2D eigenvalue weighted by Crippen LogP contribution is 2.27. The third kappa shape index (κ3) is 2.89. The Hall–Kier alpha value is -2.13. The van der Waals surface area contributed by atoms with Crippen LogP contribution in [0.4, 0.5) is 0 Å². The summed E-state index contributed by atoms with van der Waals surface area (Å²) in [5, 5.41) is 3.17. The molecule has 1 N–H and O–H groups in total. The third-order valence-corrected chi connectivity index (χ3v) is 3.24. The van der Waals surface area contributed by atoms with Crippen LogP contribution in [0.3, 0.4) is 0 Å². The third-order valence-electron chi connectivity index (χ3n) is 3.24. The largest absolute Gasteiger partial charge is 0.345 e. The van der Waals surface area contributed by atoms with E-state index >= 15 is 0 Å². The lowest BCUT2D eigenvalue weighted by Gasteiger charge is -2.16. The summed E-state index contributed by atoms with van der Waals surface area (Å²) in [6.07, 6.45) is 0. The first-order valence-corrected chi connectivity index (χ1v) is 6.68. The number of benzene rings is 2. The first-order chi connectivity index (χ1) is 9.65. The summed E-state index contributed by atoms with van der Waals surface area (Å²) in [6, 6.07) is 15.9. The van der Waals surface area contributed by atoms with Gasteiger partial charge in [-0.2, -0.15) is 0 Å². The molecule has 1 amide bonds. The van der Waals surface area contributed by atoms with Crippen LogP contribution in [0.15, 0.2) is 48.5 Å². The average molecular weight is 268 g/mol. The van der Waals surface area contributed by atoms with Gasteiger partial charge in [0, 0.05) is 26.2 Å². The maximum atomic E-state index is 12.3. The zero-order chi connectivity index (χ0) is 14.5. The quantitative estimate of drug-likeness (QED) is 0.924. The zero-order valence-corrected chi connectivity index (χ0v) is 12.2. The van der Waals surface area contributed by atoms with Crippen molar-refractivity contribution in [3.8, 4) is 11.1 Å². The molecule has 3 nitrogen and oxygen atoms in total. The van der Waals surface area contributed by atoms with Crippen molar-refractivity contribution in [3.05, 3.63) is 59.7 Å². The van der Waals surface area contributed by atoms with E-state index in [1.165, 1.54) is 5.56 Å². The Morgan fingerprint density at radius 3 is 2.25 bits per heavy atom. The van der Waals surface area contributed by atoms with E-state index in [9.17, 15) is 4.79 Å². The standard InChI is InChI=1S/C17H20N2O/c1-18-12-13-8-4-5-9-14(13)15-10-6-7-11-16(15)17(20)19(2)3/h4-11,18H,12H2,1-3H3. The number of nitrogens with zero attached hydrogens (tertiary/aromatic N) is 1. The molecular weight excluding hydrogens is 248 g/mol. The minimum absolute atomic E-state index is 0.0276. The maximum absolute atomic E-state index is 12.3. The number of rotatable bonds is 4. The number of hydrogen-bond acceptors (Lipinski definition) is 2. The smallest absolute Gasteiger partial charge is 0.253 e. The summed E-state index contributed by atoms with van der Waals surface area (Å²) >= 11 is 0. The van der Waals surface area contributed by atoms with E-state index in [0.717, 1.165) is 23.2 Å². The number of amides is 1. The van der Waals surface area contributed by atoms with Crippen LogP contribution in [0.2, 0.25) is 0 Å². The number of carbonyl (C=O) groups excluding carboxylic acids is 1. The van der Waals surface area contributed by atoms with Gasteiger partial charge < -0.3 is 10.2 Å². The van der Waals surface area contributed by atoms with Crippen LogP contribution in [0.5, 0.6) is 0 Å². The van der Waals surface area contributed by atoms with E-state index in [-0.39, 0.29) is 5.91 Å². The van der Waals surface area contributed by atoms with Crippen LogP contribution in [0.25, 0.3) is 11.1 Å². The highest BCUT2D eigenvalue weighted by Gasteiger charge is 2.15. The van der Waals surface area contributed by atoms with Crippen molar-refractivity contribution in [1.82, 2.24) is 10.2 Å². The Morgan fingerprint density at radius 2 is 1.60 bits per heavy atom. The van der Waals surface area contributed by atoms with Crippen LogP contribution < -0.4 is 5.32 Å². The molecular formula is C17H20N2O. The zero-order valence-electron chi connectivity index (χ0n) is 12.2. The normalized spacial score (nSPS) is 10.3. The molecule has 0 aliphatic carbocycles. The fraction of sp³-hybridized carbons (Fsp3) is 0.235. The van der Waals surface area contributed by atoms with Gasteiger partial charge in [0.05, 0.1) is 0 Å². The van der Waals surface area contributed by atoms with Gasteiger partial charge in [0.15, 0.2) is 0 Å². The van der Waals surface area contributed by atoms with E-state index in [4.69, 9.17) is 0 Å². The van der Waals surface area contributed by atoms with E-state index in [1.54, 1.807) is 19.0 Å². The molecule has 0 heterocycles. The number of nitrogens with one attached hydrogen (secondary N) is 1. The van der Waals surface area contributed by atoms with Crippen molar-refractivity contribution in [1.29, 1.82) is 0 Å². The summed E-state index contributed by atoms with van der Waals surface area (Å²) < 4.78 is 0.